The quantitative estimate of drug-likeness (QED) is 0.461. The molecule has 1 aliphatic rings. The molecule has 2 amide bonds. The Morgan fingerprint density at radius 3 is 2.35 bits per heavy atom. The van der Waals surface area contributed by atoms with Gasteiger partial charge in [-0.2, -0.15) is 5.10 Å². The zero-order chi connectivity index (χ0) is 23.8. The number of rotatable bonds is 6. The van der Waals surface area contributed by atoms with Gasteiger partial charge >= 0.3 is 5.97 Å². The Kier molecular flexibility index (Phi) is 5.29. The van der Waals surface area contributed by atoms with E-state index in [0.29, 0.717) is 16.9 Å². The number of nitrogens with one attached hydrogen (secondary N) is 1. The first-order valence-electron chi connectivity index (χ1n) is 10.8. The highest BCUT2D eigenvalue weighted by Gasteiger charge is 2.35. The second kappa shape index (κ2) is 8.43. The average Bonchev–Trinajstić information content (AvgIpc) is 3.61. The van der Waals surface area contributed by atoms with Crippen LogP contribution >= 0.6 is 0 Å². The first kappa shape index (κ1) is 21.3. The van der Waals surface area contributed by atoms with Gasteiger partial charge in [-0.25, -0.2) is 14.3 Å². The SMILES string of the molecule is CNC(=O)c1ccc(-c2cnn3ccc(C(=O)N(c4ccc(C(=O)O)cn4)C4CC4)cc23)cc1. The Morgan fingerprint density at radius 1 is 1.00 bits per heavy atom. The average molecular weight is 455 g/mol. The summed E-state index contributed by atoms with van der Waals surface area (Å²) in [6, 6.07) is 13.7. The lowest BCUT2D eigenvalue weighted by atomic mass is 10.0. The number of aromatic nitrogens is 3. The Labute approximate surface area is 194 Å². The minimum absolute atomic E-state index is 0.0357. The van der Waals surface area contributed by atoms with Crippen molar-refractivity contribution >= 4 is 29.1 Å². The number of fused-ring (bicyclic) bond motifs is 1. The highest BCUT2D eigenvalue weighted by Crippen LogP contribution is 2.33. The number of hydrogen-bond donors (Lipinski definition) is 2. The number of nitrogens with zero attached hydrogens (tertiary/aromatic N) is 4. The molecular weight excluding hydrogens is 434 g/mol. The lowest BCUT2D eigenvalue weighted by Crippen LogP contribution is -2.33. The van der Waals surface area contributed by atoms with Gasteiger partial charge in [-0.15, -0.1) is 0 Å². The van der Waals surface area contributed by atoms with Crippen LogP contribution in [0.2, 0.25) is 0 Å². The second-order valence-electron chi connectivity index (χ2n) is 8.08. The van der Waals surface area contributed by atoms with Crippen LogP contribution in [0.5, 0.6) is 0 Å². The van der Waals surface area contributed by atoms with Gasteiger partial charge in [-0.05, 0) is 54.8 Å². The summed E-state index contributed by atoms with van der Waals surface area (Å²) >= 11 is 0. The minimum atomic E-state index is -1.06. The third-order valence-corrected chi connectivity index (χ3v) is 5.83. The zero-order valence-electron chi connectivity index (χ0n) is 18.3. The van der Waals surface area contributed by atoms with Crippen molar-refractivity contribution in [3.05, 3.63) is 83.8 Å². The van der Waals surface area contributed by atoms with Crippen LogP contribution in [-0.2, 0) is 0 Å². The number of anilines is 1. The van der Waals surface area contributed by atoms with E-state index in [4.69, 9.17) is 5.11 Å². The number of carboxylic acids is 1. The number of carbonyl (C=O) groups is 3. The largest absolute Gasteiger partial charge is 0.478 e. The van der Waals surface area contributed by atoms with Crippen LogP contribution in [-0.4, -0.2) is 50.6 Å². The molecular formula is C25H21N5O4. The third-order valence-electron chi connectivity index (χ3n) is 5.83. The van der Waals surface area contributed by atoms with Gasteiger partial charge in [0, 0.05) is 42.2 Å². The van der Waals surface area contributed by atoms with Crippen molar-refractivity contribution in [3.8, 4) is 11.1 Å². The Morgan fingerprint density at radius 2 is 1.74 bits per heavy atom. The lowest BCUT2D eigenvalue weighted by molar-refractivity contribution is 0.0696. The summed E-state index contributed by atoms with van der Waals surface area (Å²) in [4.78, 5) is 42.3. The summed E-state index contributed by atoms with van der Waals surface area (Å²) in [6.45, 7) is 0. The van der Waals surface area contributed by atoms with Crippen molar-refractivity contribution in [2.45, 2.75) is 18.9 Å². The molecule has 0 spiro atoms. The van der Waals surface area contributed by atoms with Crippen molar-refractivity contribution in [1.82, 2.24) is 19.9 Å². The van der Waals surface area contributed by atoms with E-state index in [1.54, 1.807) is 59.2 Å². The molecule has 1 fully saturated rings. The molecule has 0 aliphatic heterocycles. The fourth-order valence-electron chi connectivity index (χ4n) is 3.87. The highest BCUT2D eigenvalue weighted by molar-refractivity contribution is 6.07. The predicted octanol–water partition coefficient (Wildman–Crippen LogP) is 3.26. The van der Waals surface area contributed by atoms with Crippen molar-refractivity contribution in [1.29, 1.82) is 0 Å². The molecule has 170 valence electrons. The third kappa shape index (κ3) is 3.88. The van der Waals surface area contributed by atoms with Crippen molar-refractivity contribution in [3.63, 3.8) is 0 Å². The number of hydrogen-bond acceptors (Lipinski definition) is 5. The van der Waals surface area contributed by atoms with Crippen LogP contribution in [0.3, 0.4) is 0 Å². The van der Waals surface area contributed by atoms with Gasteiger partial charge in [-0.3, -0.25) is 14.5 Å². The van der Waals surface area contributed by atoms with Gasteiger partial charge in [0.25, 0.3) is 11.8 Å². The van der Waals surface area contributed by atoms with Gasteiger partial charge in [0.15, 0.2) is 0 Å². The molecule has 34 heavy (non-hydrogen) atoms. The van der Waals surface area contributed by atoms with Crippen LogP contribution < -0.4 is 10.2 Å². The number of benzene rings is 1. The van der Waals surface area contributed by atoms with E-state index in [1.165, 1.54) is 12.3 Å². The molecule has 0 saturated heterocycles. The molecule has 1 saturated carbocycles. The summed E-state index contributed by atoms with van der Waals surface area (Å²) in [7, 11) is 1.58. The summed E-state index contributed by atoms with van der Waals surface area (Å²) in [5.74, 6) is -1.01. The highest BCUT2D eigenvalue weighted by atomic mass is 16.4. The number of aromatic carboxylic acids is 1. The molecule has 3 heterocycles. The van der Waals surface area contributed by atoms with E-state index in [2.05, 4.69) is 15.4 Å². The van der Waals surface area contributed by atoms with Crippen molar-refractivity contribution in [2.75, 3.05) is 11.9 Å². The molecule has 4 aromatic rings. The Hall–Kier alpha value is -4.53. The van der Waals surface area contributed by atoms with Crippen LogP contribution in [0.25, 0.3) is 16.6 Å². The molecule has 0 bridgehead atoms. The van der Waals surface area contributed by atoms with Gasteiger partial charge in [0.2, 0.25) is 0 Å². The van der Waals surface area contributed by atoms with Crippen LogP contribution in [0.15, 0.2) is 67.1 Å². The van der Waals surface area contributed by atoms with E-state index in [-0.39, 0.29) is 23.4 Å². The van der Waals surface area contributed by atoms with Crippen molar-refractivity contribution in [2.24, 2.45) is 0 Å². The van der Waals surface area contributed by atoms with Crippen LogP contribution in [0, 0.1) is 0 Å². The Bertz CT molecular complexity index is 1410. The first-order chi connectivity index (χ1) is 16.5. The standard InChI is InChI=1S/C25H21N5O4/c1-26-23(31)16-4-2-15(3-5-16)20-14-28-29-11-10-17(12-21(20)29)24(32)30(19-7-8-19)22-9-6-18(13-27-22)25(33)34/h2-6,9-14,19H,7-8H2,1H3,(H,26,31)(H,33,34). The molecule has 3 aromatic heterocycles. The van der Waals surface area contributed by atoms with E-state index < -0.39 is 5.97 Å². The molecule has 0 unspecified atom stereocenters. The van der Waals surface area contributed by atoms with Crippen LogP contribution in [0.1, 0.15) is 43.9 Å². The fourth-order valence-corrected chi connectivity index (χ4v) is 3.87. The number of carboxylic acid groups (broad SMARTS) is 1. The maximum atomic E-state index is 13.5. The second-order valence-corrected chi connectivity index (χ2v) is 8.08. The minimum Gasteiger partial charge on any atom is -0.478 e. The van der Waals surface area contributed by atoms with Gasteiger partial charge in [0.1, 0.15) is 5.82 Å². The molecule has 9 nitrogen and oxygen atoms in total. The maximum absolute atomic E-state index is 13.5. The van der Waals surface area contributed by atoms with Gasteiger partial charge < -0.3 is 10.4 Å². The Balaban J connectivity index is 1.49. The molecule has 0 radical (unpaired) electrons. The van der Waals surface area contributed by atoms with Gasteiger partial charge in [0.05, 0.1) is 17.3 Å². The molecule has 2 N–H and O–H groups in total. The summed E-state index contributed by atoms with van der Waals surface area (Å²) in [5.41, 5.74) is 3.56. The van der Waals surface area contributed by atoms with Crippen molar-refractivity contribution < 1.29 is 19.5 Å². The van der Waals surface area contributed by atoms with E-state index in [9.17, 15) is 14.4 Å². The monoisotopic (exact) mass is 455 g/mol. The smallest absolute Gasteiger partial charge is 0.337 e. The number of carbonyl (C=O) groups excluding carboxylic acids is 2. The molecule has 1 aromatic carbocycles. The van der Waals surface area contributed by atoms with E-state index >= 15 is 0 Å². The summed E-state index contributed by atoms with van der Waals surface area (Å²) in [6.07, 6.45) is 6.46. The fraction of sp³-hybridized carbons (Fsp3) is 0.160. The van der Waals surface area contributed by atoms with Gasteiger partial charge in [-0.1, -0.05) is 12.1 Å². The van der Waals surface area contributed by atoms with E-state index in [0.717, 1.165) is 29.5 Å². The maximum Gasteiger partial charge on any atom is 0.337 e. The molecule has 5 rings (SSSR count). The molecule has 1 aliphatic carbocycles. The number of pyridine rings is 2. The summed E-state index contributed by atoms with van der Waals surface area (Å²) < 4.78 is 1.69. The predicted molar refractivity (Wildman–Crippen MR) is 125 cm³/mol. The topological polar surface area (TPSA) is 117 Å². The zero-order valence-corrected chi connectivity index (χ0v) is 18.3. The molecule has 0 atom stereocenters. The molecule has 9 heteroatoms. The first-order valence-corrected chi connectivity index (χ1v) is 10.8. The summed E-state index contributed by atoms with van der Waals surface area (Å²) in [5, 5.41) is 16.1. The lowest BCUT2D eigenvalue weighted by Gasteiger charge is -2.21. The van der Waals surface area contributed by atoms with E-state index in [1.807, 2.05) is 12.1 Å². The van der Waals surface area contributed by atoms with Crippen LogP contribution in [0.4, 0.5) is 5.82 Å². The normalized spacial score (nSPS) is 13.0. The number of amides is 2.